The van der Waals surface area contributed by atoms with Gasteiger partial charge in [0.15, 0.2) is 0 Å². The van der Waals surface area contributed by atoms with Gasteiger partial charge in [-0.2, -0.15) is 0 Å². The standard InChI is InChI=1S/C13H20N2O/c1-4-10-6-5-7-11(8-10)15-13(16)12(14)9(2)3/h5-9,12H,4,14H2,1-3H3,(H,15,16)/t12-/m0/s1. The van der Waals surface area contributed by atoms with E-state index in [1.165, 1.54) is 5.56 Å². The number of hydrogen-bond donors (Lipinski definition) is 2. The van der Waals surface area contributed by atoms with Gasteiger partial charge in [-0.25, -0.2) is 0 Å². The van der Waals surface area contributed by atoms with Crippen molar-refractivity contribution in [2.45, 2.75) is 33.2 Å². The van der Waals surface area contributed by atoms with Gasteiger partial charge in [0.25, 0.3) is 0 Å². The molecule has 88 valence electrons. The van der Waals surface area contributed by atoms with Crippen molar-refractivity contribution in [3.63, 3.8) is 0 Å². The fourth-order valence-corrected chi connectivity index (χ4v) is 1.40. The quantitative estimate of drug-likeness (QED) is 0.817. The third-order valence-electron chi connectivity index (χ3n) is 2.62. The van der Waals surface area contributed by atoms with Crippen molar-refractivity contribution in [3.05, 3.63) is 29.8 Å². The molecule has 0 unspecified atom stereocenters. The van der Waals surface area contributed by atoms with Crippen LogP contribution in [0.15, 0.2) is 24.3 Å². The number of rotatable bonds is 4. The average molecular weight is 220 g/mol. The zero-order chi connectivity index (χ0) is 12.1. The molecule has 3 nitrogen and oxygen atoms in total. The first-order valence-electron chi connectivity index (χ1n) is 5.70. The Morgan fingerprint density at radius 3 is 2.69 bits per heavy atom. The second-order valence-corrected chi connectivity index (χ2v) is 4.31. The van der Waals surface area contributed by atoms with Crippen molar-refractivity contribution < 1.29 is 4.79 Å². The van der Waals surface area contributed by atoms with E-state index >= 15 is 0 Å². The maximum Gasteiger partial charge on any atom is 0.241 e. The highest BCUT2D eigenvalue weighted by Crippen LogP contribution is 2.12. The summed E-state index contributed by atoms with van der Waals surface area (Å²) in [4.78, 5) is 11.7. The van der Waals surface area contributed by atoms with Gasteiger partial charge in [0.05, 0.1) is 6.04 Å². The number of hydrogen-bond acceptors (Lipinski definition) is 2. The SMILES string of the molecule is CCc1cccc(NC(=O)[C@@H](N)C(C)C)c1. The Morgan fingerprint density at radius 1 is 1.44 bits per heavy atom. The summed E-state index contributed by atoms with van der Waals surface area (Å²) in [7, 11) is 0. The Hall–Kier alpha value is -1.35. The topological polar surface area (TPSA) is 55.1 Å². The molecular formula is C13H20N2O. The lowest BCUT2D eigenvalue weighted by molar-refractivity contribution is -0.118. The number of amides is 1. The molecule has 1 rings (SSSR count). The molecule has 0 aliphatic heterocycles. The molecular weight excluding hydrogens is 200 g/mol. The van der Waals surface area contributed by atoms with Crippen LogP contribution in [0.4, 0.5) is 5.69 Å². The Morgan fingerprint density at radius 2 is 2.12 bits per heavy atom. The number of carbonyl (C=O) groups is 1. The number of benzene rings is 1. The molecule has 3 heteroatoms. The van der Waals surface area contributed by atoms with Crippen molar-refractivity contribution in [2.24, 2.45) is 11.7 Å². The molecule has 0 aliphatic carbocycles. The molecule has 3 N–H and O–H groups in total. The van der Waals surface area contributed by atoms with E-state index in [-0.39, 0.29) is 11.8 Å². The van der Waals surface area contributed by atoms with Crippen molar-refractivity contribution in [3.8, 4) is 0 Å². The molecule has 0 spiro atoms. The van der Waals surface area contributed by atoms with Crippen LogP contribution in [0.5, 0.6) is 0 Å². The summed E-state index contributed by atoms with van der Waals surface area (Å²) in [5.41, 5.74) is 7.79. The van der Waals surface area contributed by atoms with Gasteiger partial charge in [-0.15, -0.1) is 0 Å². The van der Waals surface area contributed by atoms with Crippen molar-refractivity contribution in [1.29, 1.82) is 0 Å². The van der Waals surface area contributed by atoms with Gasteiger partial charge < -0.3 is 11.1 Å². The molecule has 1 amide bonds. The van der Waals surface area contributed by atoms with E-state index in [1.54, 1.807) is 0 Å². The predicted molar refractivity (Wildman–Crippen MR) is 67.3 cm³/mol. The zero-order valence-electron chi connectivity index (χ0n) is 10.2. The smallest absolute Gasteiger partial charge is 0.241 e. The molecule has 0 saturated carbocycles. The van der Waals surface area contributed by atoms with Gasteiger partial charge in [0.1, 0.15) is 0 Å². The molecule has 0 aliphatic rings. The molecule has 1 aromatic carbocycles. The third-order valence-corrected chi connectivity index (χ3v) is 2.62. The summed E-state index contributed by atoms with van der Waals surface area (Å²) >= 11 is 0. The number of nitrogens with one attached hydrogen (secondary N) is 1. The van der Waals surface area contributed by atoms with Gasteiger partial charge in [-0.3, -0.25) is 4.79 Å². The number of nitrogens with two attached hydrogens (primary N) is 1. The van der Waals surface area contributed by atoms with Crippen LogP contribution >= 0.6 is 0 Å². The largest absolute Gasteiger partial charge is 0.325 e. The number of aryl methyl sites for hydroxylation is 1. The van der Waals surface area contributed by atoms with Crippen molar-refractivity contribution >= 4 is 11.6 Å². The Kier molecular flexibility index (Phi) is 4.50. The minimum absolute atomic E-state index is 0.122. The molecule has 0 bridgehead atoms. The first-order valence-corrected chi connectivity index (χ1v) is 5.70. The number of anilines is 1. The lowest BCUT2D eigenvalue weighted by atomic mass is 10.0. The maximum atomic E-state index is 11.7. The Bertz CT molecular complexity index is 361. The highest BCUT2D eigenvalue weighted by molar-refractivity contribution is 5.94. The number of carbonyl (C=O) groups excluding carboxylic acids is 1. The summed E-state index contributed by atoms with van der Waals surface area (Å²) in [6.45, 7) is 5.96. The fourth-order valence-electron chi connectivity index (χ4n) is 1.40. The van der Waals surface area contributed by atoms with E-state index in [9.17, 15) is 4.79 Å². The summed E-state index contributed by atoms with van der Waals surface area (Å²) in [6.07, 6.45) is 0.958. The minimum Gasteiger partial charge on any atom is -0.325 e. The van der Waals surface area contributed by atoms with E-state index in [0.717, 1.165) is 12.1 Å². The molecule has 0 heterocycles. The van der Waals surface area contributed by atoms with E-state index in [1.807, 2.05) is 38.1 Å². The first kappa shape index (κ1) is 12.7. The van der Waals surface area contributed by atoms with E-state index in [2.05, 4.69) is 12.2 Å². The summed E-state index contributed by atoms with van der Waals surface area (Å²) < 4.78 is 0. The van der Waals surface area contributed by atoms with Gasteiger partial charge in [-0.05, 0) is 30.0 Å². The van der Waals surface area contributed by atoms with Crippen LogP contribution in [0.1, 0.15) is 26.3 Å². The lowest BCUT2D eigenvalue weighted by Crippen LogP contribution is -2.39. The molecule has 0 aromatic heterocycles. The van der Waals surface area contributed by atoms with Gasteiger partial charge >= 0.3 is 0 Å². The van der Waals surface area contributed by atoms with Crippen LogP contribution in [0.2, 0.25) is 0 Å². The fraction of sp³-hybridized carbons (Fsp3) is 0.462. The Labute approximate surface area is 97.0 Å². The first-order chi connectivity index (χ1) is 7.54. The minimum atomic E-state index is -0.453. The van der Waals surface area contributed by atoms with Crippen LogP contribution in [0.3, 0.4) is 0 Å². The molecule has 0 radical (unpaired) electrons. The van der Waals surface area contributed by atoms with Crippen molar-refractivity contribution in [2.75, 3.05) is 5.32 Å². The molecule has 1 atom stereocenters. The van der Waals surface area contributed by atoms with Gasteiger partial charge in [-0.1, -0.05) is 32.9 Å². The van der Waals surface area contributed by atoms with E-state index in [4.69, 9.17) is 5.73 Å². The molecule has 0 fully saturated rings. The van der Waals surface area contributed by atoms with Crippen molar-refractivity contribution in [1.82, 2.24) is 0 Å². The highest BCUT2D eigenvalue weighted by atomic mass is 16.2. The molecule has 1 aromatic rings. The van der Waals surface area contributed by atoms with Crippen LogP contribution in [0.25, 0.3) is 0 Å². The second-order valence-electron chi connectivity index (χ2n) is 4.31. The normalized spacial score (nSPS) is 12.6. The van der Waals surface area contributed by atoms with E-state index in [0.29, 0.717) is 0 Å². The summed E-state index contributed by atoms with van der Waals surface area (Å²) in [5.74, 6) is 0.0256. The monoisotopic (exact) mass is 220 g/mol. The average Bonchev–Trinajstić information content (AvgIpc) is 2.28. The summed E-state index contributed by atoms with van der Waals surface area (Å²) in [5, 5.41) is 2.83. The van der Waals surface area contributed by atoms with Gasteiger partial charge in [0, 0.05) is 5.69 Å². The molecule has 16 heavy (non-hydrogen) atoms. The highest BCUT2D eigenvalue weighted by Gasteiger charge is 2.16. The lowest BCUT2D eigenvalue weighted by Gasteiger charge is -2.15. The third kappa shape index (κ3) is 3.35. The van der Waals surface area contributed by atoms with Crippen LogP contribution in [-0.2, 0) is 11.2 Å². The summed E-state index contributed by atoms with van der Waals surface area (Å²) in [6, 6.07) is 7.38. The van der Waals surface area contributed by atoms with Gasteiger partial charge in [0.2, 0.25) is 5.91 Å². The molecule has 0 saturated heterocycles. The predicted octanol–water partition coefficient (Wildman–Crippen LogP) is 2.17. The maximum absolute atomic E-state index is 11.7. The second kappa shape index (κ2) is 5.66. The van der Waals surface area contributed by atoms with E-state index < -0.39 is 6.04 Å². The van der Waals surface area contributed by atoms with Crippen LogP contribution < -0.4 is 11.1 Å². The van der Waals surface area contributed by atoms with Crippen LogP contribution in [-0.4, -0.2) is 11.9 Å². The Balaban J connectivity index is 2.69. The van der Waals surface area contributed by atoms with Crippen LogP contribution in [0, 0.1) is 5.92 Å². The zero-order valence-corrected chi connectivity index (χ0v) is 10.2.